The summed E-state index contributed by atoms with van der Waals surface area (Å²) in [5, 5.41) is 12.2. The van der Waals surface area contributed by atoms with Crippen LogP contribution in [0.3, 0.4) is 0 Å². The molecule has 0 bridgehead atoms. The molecule has 0 spiro atoms. The van der Waals surface area contributed by atoms with E-state index in [1.807, 2.05) is 36.4 Å². The third-order valence-electron chi connectivity index (χ3n) is 5.20. The lowest BCUT2D eigenvalue weighted by Crippen LogP contribution is -2.30. The topological polar surface area (TPSA) is 82.4 Å². The smallest absolute Gasteiger partial charge is 0.269 e. The Morgan fingerprint density at radius 1 is 1.09 bits per heavy atom. The maximum absolute atomic E-state index is 13.4. The van der Waals surface area contributed by atoms with Gasteiger partial charge in [-0.05, 0) is 60.5 Å². The molecule has 34 heavy (non-hydrogen) atoms. The first-order valence-corrected chi connectivity index (χ1v) is 11.3. The van der Waals surface area contributed by atoms with Crippen LogP contribution in [0.15, 0.2) is 89.5 Å². The van der Waals surface area contributed by atoms with Crippen LogP contribution < -0.4 is 15.0 Å². The number of anilines is 2. The summed E-state index contributed by atoms with van der Waals surface area (Å²) in [4.78, 5) is 27.8. The van der Waals surface area contributed by atoms with Crippen LogP contribution in [0.5, 0.6) is 5.75 Å². The highest BCUT2D eigenvalue weighted by atomic mass is 32.2. The van der Waals surface area contributed by atoms with Gasteiger partial charge >= 0.3 is 0 Å². The van der Waals surface area contributed by atoms with E-state index in [-0.39, 0.29) is 16.5 Å². The van der Waals surface area contributed by atoms with Crippen molar-refractivity contribution in [2.45, 2.75) is 11.7 Å². The summed E-state index contributed by atoms with van der Waals surface area (Å²) in [5.41, 5.74) is 1.64. The van der Waals surface area contributed by atoms with Gasteiger partial charge in [0.15, 0.2) is 0 Å². The van der Waals surface area contributed by atoms with Gasteiger partial charge in [0.1, 0.15) is 28.2 Å². The number of nitrogens with zero attached hydrogens (tertiary/aromatic N) is 2. The van der Waals surface area contributed by atoms with Gasteiger partial charge in [0.2, 0.25) is 5.91 Å². The van der Waals surface area contributed by atoms with Gasteiger partial charge in [-0.15, -0.1) is 0 Å². The van der Waals surface area contributed by atoms with E-state index in [4.69, 9.17) is 4.74 Å². The monoisotopic (exact) mass is 473 g/mol. The summed E-state index contributed by atoms with van der Waals surface area (Å²) in [6, 6.07) is 23.5. The minimum Gasteiger partial charge on any atom is -0.497 e. The highest BCUT2D eigenvalue weighted by Gasteiger charge is 2.40. The molecule has 8 heteroatoms. The number of nitriles is 1. The van der Waals surface area contributed by atoms with E-state index in [1.165, 1.54) is 40.9 Å². The Hall–Kier alpha value is -4.09. The number of benzene rings is 3. The standard InChI is InChI=1S/C26H20FN3O3S/c1-33-21-13-7-17(8-14-21)15-23-25(32)30(20-5-3-2-4-6-20)26(34-23)22(16-28)24(31)29-19-11-9-18(27)10-12-19/h2-14,23H,15H2,1H3,(H,29,31)/b26-22-. The molecule has 6 nitrogen and oxygen atoms in total. The lowest BCUT2D eigenvalue weighted by Gasteiger charge is -2.18. The molecule has 1 unspecified atom stereocenters. The number of hydrogen-bond donors (Lipinski definition) is 1. The number of carbonyl (C=O) groups excluding carboxylic acids is 2. The highest BCUT2D eigenvalue weighted by Crippen LogP contribution is 2.42. The predicted molar refractivity (Wildman–Crippen MR) is 130 cm³/mol. The van der Waals surface area contributed by atoms with Crippen molar-refractivity contribution >= 4 is 35.0 Å². The maximum atomic E-state index is 13.4. The van der Waals surface area contributed by atoms with Crippen molar-refractivity contribution in [2.24, 2.45) is 0 Å². The molecule has 0 aliphatic carbocycles. The van der Waals surface area contributed by atoms with Gasteiger partial charge in [0.05, 0.1) is 12.4 Å². The molecule has 170 valence electrons. The molecule has 3 aromatic carbocycles. The molecule has 4 rings (SSSR count). The first-order chi connectivity index (χ1) is 16.5. The summed E-state index contributed by atoms with van der Waals surface area (Å²) in [6.45, 7) is 0. The fourth-order valence-electron chi connectivity index (χ4n) is 3.50. The van der Waals surface area contributed by atoms with Crippen LogP contribution >= 0.6 is 11.8 Å². The molecular weight excluding hydrogens is 453 g/mol. The zero-order chi connectivity index (χ0) is 24.1. The Bertz CT molecular complexity index is 1270. The van der Waals surface area contributed by atoms with E-state index in [2.05, 4.69) is 5.32 Å². The van der Waals surface area contributed by atoms with Crippen molar-refractivity contribution < 1.29 is 18.7 Å². The molecular formula is C26H20FN3O3S. The average Bonchev–Trinajstić information content (AvgIpc) is 3.17. The number of methoxy groups -OCH3 is 1. The maximum Gasteiger partial charge on any atom is 0.269 e. The molecule has 1 saturated heterocycles. The molecule has 1 atom stereocenters. The second-order valence-corrected chi connectivity index (χ2v) is 8.61. The van der Waals surface area contributed by atoms with Crippen molar-refractivity contribution in [1.82, 2.24) is 0 Å². The van der Waals surface area contributed by atoms with Crippen LogP contribution in [-0.4, -0.2) is 24.2 Å². The Morgan fingerprint density at radius 3 is 2.38 bits per heavy atom. The normalized spacial score (nSPS) is 16.7. The first kappa shape index (κ1) is 23.1. The van der Waals surface area contributed by atoms with Crippen molar-refractivity contribution in [1.29, 1.82) is 5.26 Å². The number of para-hydroxylation sites is 1. The first-order valence-electron chi connectivity index (χ1n) is 10.4. The van der Waals surface area contributed by atoms with Crippen LogP contribution in [0.25, 0.3) is 0 Å². The molecule has 0 radical (unpaired) electrons. The van der Waals surface area contributed by atoms with Gasteiger partial charge in [-0.2, -0.15) is 5.26 Å². The Morgan fingerprint density at radius 2 is 1.76 bits per heavy atom. The summed E-state index contributed by atoms with van der Waals surface area (Å²) >= 11 is 1.18. The van der Waals surface area contributed by atoms with E-state index < -0.39 is 17.0 Å². The second-order valence-electron chi connectivity index (χ2n) is 7.42. The number of nitrogens with one attached hydrogen (secondary N) is 1. The molecule has 1 aliphatic heterocycles. The van der Waals surface area contributed by atoms with E-state index in [0.717, 1.165) is 5.56 Å². The van der Waals surface area contributed by atoms with Gasteiger partial charge in [0, 0.05) is 11.4 Å². The van der Waals surface area contributed by atoms with Crippen molar-refractivity contribution in [3.8, 4) is 11.8 Å². The quantitative estimate of drug-likeness (QED) is 0.407. The molecule has 3 aromatic rings. The van der Waals surface area contributed by atoms with Crippen LogP contribution in [0.4, 0.5) is 15.8 Å². The van der Waals surface area contributed by atoms with Gasteiger partial charge in [-0.25, -0.2) is 4.39 Å². The third-order valence-corrected chi connectivity index (χ3v) is 6.46. The van der Waals surface area contributed by atoms with Gasteiger partial charge in [-0.3, -0.25) is 14.5 Å². The minimum absolute atomic E-state index is 0.191. The van der Waals surface area contributed by atoms with Gasteiger partial charge in [0.25, 0.3) is 5.91 Å². The summed E-state index contributed by atoms with van der Waals surface area (Å²) < 4.78 is 18.4. The second kappa shape index (κ2) is 10.2. The molecule has 1 N–H and O–H groups in total. The van der Waals surface area contributed by atoms with E-state index >= 15 is 0 Å². The average molecular weight is 474 g/mol. The SMILES string of the molecule is COc1ccc(CC2S/C(=C(/C#N)C(=O)Nc3ccc(F)cc3)N(c3ccccc3)C2=O)cc1. The number of amides is 2. The molecule has 1 heterocycles. The number of rotatable bonds is 6. The minimum atomic E-state index is -0.671. The molecule has 0 saturated carbocycles. The molecule has 0 aromatic heterocycles. The largest absolute Gasteiger partial charge is 0.497 e. The van der Waals surface area contributed by atoms with Gasteiger partial charge in [-0.1, -0.05) is 42.1 Å². The number of hydrogen-bond acceptors (Lipinski definition) is 5. The van der Waals surface area contributed by atoms with Crippen LogP contribution in [0.2, 0.25) is 0 Å². The Kier molecular flexibility index (Phi) is 6.95. The Balaban J connectivity index is 1.68. The summed E-state index contributed by atoms with van der Waals surface area (Å²) in [7, 11) is 1.58. The zero-order valence-corrected chi connectivity index (χ0v) is 19.0. The number of carbonyl (C=O) groups is 2. The van der Waals surface area contributed by atoms with Crippen LogP contribution in [0, 0.1) is 17.1 Å². The van der Waals surface area contributed by atoms with E-state index in [9.17, 15) is 19.2 Å². The number of halogens is 1. The highest BCUT2D eigenvalue weighted by molar-refractivity contribution is 8.05. The molecule has 2 amide bonds. The number of ether oxygens (including phenoxy) is 1. The lowest BCUT2D eigenvalue weighted by molar-refractivity contribution is -0.117. The molecule has 1 fully saturated rings. The summed E-state index contributed by atoms with van der Waals surface area (Å²) in [5.74, 6) is -0.616. The number of thioether (sulfide) groups is 1. The van der Waals surface area contributed by atoms with E-state index in [0.29, 0.717) is 23.5 Å². The Labute approximate surface area is 200 Å². The predicted octanol–water partition coefficient (Wildman–Crippen LogP) is 4.90. The molecule has 1 aliphatic rings. The van der Waals surface area contributed by atoms with Crippen LogP contribution in [0.1, 0.15) is 5.56 Å². The van der Waals surface area contributed by atoms with Crippen molar-refractivity contribution in [3.63, 3.8) is 0 Å². The van der Waals surface area contributed by atoms with Crippen molar-refractivity contribution in [2.75, 3.05) is 17.3 Å². The fraction of sp³-hybridized carbons (Fsp3) is 0.115. The van der Waals surface area contributed by atoms with Crippen LogP contribution in [-0.2, 0) is 16.0 Å². The van der Waals surface area contributed by atoms with Crippen molar-refractivity contribution in [3.05, 3.63) is 101 Å². The fourth-order valence-corrected chi connectivity index (χ4v) is 4.81. The zero-order valence-electron chi connectivity index (χ0n) is 18.2. The summed E-state index contributed by atoms with van der Waals surface area (Å²) in [6.07, 6.45) is 0.415. The lowest BCUT2D eigenvalue weighted by atomic mass is 10.1. The van der Waals surface area contributed by atoms with Gasteiger partial charge < -0.3 is 10.1 Å². The van der Waals surface area contributed by atoms with E-state index in [1.54, 1.807) is 31.4 Å². The third kappa shape index (κ3) is 4.95.